The number of ether oxygens (including phenoxy) is 1. The Kier molecular flexibility index (Phi) is 8.54. The van der Waals surface area contributed by atoms with Crippen molar-refractivity contribution < 1.29 is 19.1 Å². The average Bonchev–Trinajstić information content (AvgIpc) is 2.86. The Hall–Kier alpha value is -1.82. The fourth-order valence-corrected chi connectivity index (χ4v) is 3.38. The predicted molar refractivity (Wildman–Crippen MR) is 107 cm³/mol. The van der Waals surface area contributed by atoms with E-state index in [2.05, 4.69) is 13.8 Å². The fraction of sp³-hybridized carbons (Fsp3) is 0.650. The van der Waals surface area contributed by atoms with Gasteiger partial charge in [-0.15, -0.1) is 11.6 Å². The molecule has 0 saturated carbocycles. The van der Waals surface area contributed by atoms with Crippen LogP contribution >= 0.6 is 11.6 Å². The first-order valence-corrected chi connectivity index (χ1v) is 9.74. The standard InChI is InChI=1S/C20H31ClN2O4/c1-8-23-15(6)17(13(4)18(23)20(26)27-7)16(24)11-22(10-9-12(2)3)19(25)14(5)21/h12,14H,8-11H2,1-7H3/t14-/m1/s1. The maximum atomic E-state index is 13.1. The van der Waals surface area contributed by atoms with Gasteiger partial charge < -0.3 is 14.2 Å². The van der Waals surface area contributed by atoms with Crippen LogP contribution in [0.25, 0.3) is 0 Å². The second kappa shape index (κ2) is 9.93. The highest BCUT2D eigenvalue weighted by Crippen LogP contribution is 2.24. The lowest BCUT2D eigenvalue weighted by atomic mass is 10.0. The van der Waals surface area contributed by atoms with E-state index < -0.39 is 11.3 Å². The van der Waals surface area contributed by atoms with Gasteiger partial charge in [0.1, 0.15) is 11.1 Å². The van der Waals surface area contributed by atoms with Gasteiger partial charge >= 0.3 is 5.97 Å². The molecule has 152 valence electrons. The van der Waals surface area contributed by atoms with Gasteiger partial charge in [-0.05, 0) is 45.6 Å². The van der Waals surface area contributed by atoms with Gasteiger partial charge in [0.05, 0.1) is 13.7 Å². The zero-order chi connectivity index (χ0) is 20.9. The summed E-state index contributed by atoms with van der Waals surface area (Å²) in [7, 11) is 1.32. The van der Waals surface area contributed by atoms with Crippen LogP contribution in [-0.4, -0.2) is 52.7 Å². The molecule has 0 aliphatic carbocycles. The summed E-state index contributed by atoms with van der Waals surface area (Å²) in [5, 5.41) is -0.696. The van der Waals surface area contributed by atoms with Crippen LogP contribution in [0.15, 0.2) is 0 Å². The number of rotatable bonds is 9. The van der Waals surface area contributed by atoms with Gasteiger partial charge in [0.15, 0.2) is 5.78 Å². The summed E-state index contributed by atoms with van der Waals surface area (Å²) in [4.78, 5) is 39.2. The smallest absolute Gasteiger partial charge is 0.354 e. The number of alkyl halides is 1. The van der Waals surface area contributed by atoms with Crippen LogP contribution in [0.4, 0.5) is 0 Å². The third-order valence-electron chi connectivity index (χ3n) is 4.70. The van der Waals surface area contributed by atoms with Crippen LogP contribution in [0, 0.1) is 19.8 Å². The zero-order valence-electron chi connectivity index (χ0n) is 17.4. The molecule has 0 bridgehead atoms. The van der Waals surface area contributed by atoms with Crippen molar-refractivity contribution in [1.82, 2.24) is 9.47 Å². The van der Waals surface area contributed by atoms with Gasteiger partial charge in [-0.1, -0.05) is 13.8 Å². The highest BCUT2D eigenvalue weighted by molar-refractivity contribution is 6.30. The zero-order valence-corrected chi connectivity index (χ0v) is 18.1. The molecule has 1 rings (SSSR count). The number of nitrogens with zero attached hydrogens (tertiary/aromatic N) is 2. The Morgan fingerprint density at radius 2 is 1.78 bits per heavy atom. The van der Waals surface area contributed by atoms with Crippen molar-refractivity contribution in [1.29, 1.82) is 0 Å². The molecule has 1 amide bonds. The number of Topliss-reactive ketones (excluding diaryl/α,β-unsaturated/α-hetero) is 1. The Morgan fingerprint density at radius 3 is 2.22 bits per heavy atom. The number of carbonyl (C=O) groups excluding carboxylic acids is 3. The van der Waals surface area contributed by atoms with Crippen LogP contribution in [0.5, 0.6) is 0 Å². The molecule has 0 unspecified atom stereocenters. The number of hydrogen-bond donors (Lipinski definition) is 0. The van der Waals surface area contributed by atoms with Crippen LogP contribution < -0.4 is 0 Å². The van der Waals surface area contributed by atoms with E-state index in [1.54, 1.807) is 25.3 Å². The molecule has 0 aliphatic heterocycles. The molecule has 0 spiro atoms. The highest BCUT2D eigenvalue weighted by Gasteiger charge is 2.29. The summed E-state index contributed by atoms with van der Waals surface area (Å²) >= 11 is 5.97. The Morgan fingerprint density at radius 1 is 1.19 bits per heavy atom. The fourth-order valence-electron chi connectivity index (χ4n) is 3.25. The van der Waals surface area contributed by atoms with E-state index in [0.29, 0.717) is 41.5 Å². The molecule has 6 nitrogen and oxygen atoms in total. The van der Waals surface area contributed by atoms with Crippen molar-refractivity contribution in [2.45, 2.75) is 59.9 Å². The molecule has 7 heteroatoms. The van der Waals surface area contributed by atoms with Gasteiger partial charge in [-0.3, -0.25) is 9.59 Å². The summed E-state index contributed by atoms with van der Waals surface area (Å²) in [6.45, 7) is 12.1. The average molecular weight is 399 g/mol. The minimum Gasteiger partial charge on any atom is -0.464 e. The number of esters is 1. The third kappa shape index (κ3) is 5.34. The van der Waals surface area contributed by atoms with Crippen molar-refractivity contribution >= 4 is 29.3 Å². The van der Waals surface area contributed by atoms with Crippen LogP contribution in [0.1, 0.15) is 66.2 Å². The molecule has 0 aromatic carbocycles. The van der Waals surface area contributed by atoms with E-state index in [-0.39, 0.29) is 18.2 Å². The first-order chi connectivity index (χ1) is 12.6. The van der Waals surface area contributed by atoms with Gasteiger partial charge in [0.25, 0.3) is 0 Å². The minimum absolute atomic E-state index is 0.0569. The molecule has 1 aromatic heterocycles. The lowest BCUT2D eigenvalue weighted by Crippen LogP contribution is -2.40. The molecule has 0 fully saturated rings. The first kappa shape index (κ1) is 23.2. The van der Waals surface area contributed by atoms with Crippen LogP contribution in [-0.2, 0) is 16.1 Å². The van der Waals surface area contributed by atoms with E-state index in [9.17, 15) is 14.4 Å². The van der Waals surface area contributed by atoms with E-state index in [1.165, 1.54) is 12.0 Å². The lowest BCUT2D eigenvalue weighted by molar-refractivity contribution is -0.130. The lowest BCUT2D eigenvalue weighted by Gasteiger charge is -2.24. The molecule has 1 atom stereocenters. The third-order valence-corrected chi connectivity index (χ3v) is 4.89. The van der Waals surface area contributed by atoms with Gasteiger partial charge in [0, 0.05) is 24.3 Å². The van der Waals surface area contributed by atoms with Crippen LogP contribution in [0.3, 0.4) is 0 Å². The molecular formula is C20H31ClN2O4. The number of methoxy groups -OCH3 is 1. The maximum Gasteiger partial charge on any atom is 0.354 e. The molecular weight excluding hydrogens is 368 g/mol. The topological polar surface area (TPSA) is 68.6 Å². The monoisotopic (exact) mass is 398 g/mol. The summed E-state index contributed by atoms with van der Waals surface area (Å²) in [6, 6.07) is 0. The van der Waals surface area contributed by atoms with E-state index in [0.717, 1.165) is 6.42 Å². The number of carbonyl (C=O) groups is 3. The number of hydrogen-bond acceptors (Lipinski definition) is 4. The van der Waals surface area contributed by atoms with Crippen molar-refractivity contribution in [2.24, 2.45) is 5.92 Å². The van der Waals surface area contributed by atoms with Crippen molar-refractivity contribution in [3.63, 3.8) is 0 Å². The number of amides is 1. The number of ketones is 1. The van der Waals surface area contributed by atoms with Crippen molar-refractivity contribution in [2.75, 3.05) is 20.2 Å². The minimum atomic E-state index is -0.696. The normalized spacial score (nSPS) is 12.2. The maximum absolute atomic E-state index is 13.1. The van der Waals surface area contributed by atoms with Gasteiger partial charge in [0.2, 0.25) is 5.91 Å². The molecule has 0 aliphatic rings. The summed E-state index contributed by atoms with van der Waals surface area (Å²) in [5.74, 6) is -0.531. The second-order valence-electron chi connectivity index (χ2n) is 7.15. The second-order valence-corrected chi connectivity index (χ2v) is 7.81. The SMILES string of the molecule is CCn1c(C)c(C(=O)CN(CCC(C)C)C(=O)[C@@H](C)Cl)c(C)c1C(=O)OC. The van der Waals surface area contributed by atoms with E-state index in [4.69, 9.17) is 16.3 Å². The molecule has 0 saturated heterocycles. The largest absolute Gasteiger partial charge is 0.464 e. The van der Waals surface area contributed by atoms with E-state index in [1.807, 2.05) is 6.92 Å². The Labute approximate surface area is 166 Å². The predicted octanol–water partition coefficient (Wildman–Crippen LogP) is 3.60. The number of halogens is 1. The molecule has 27 heavy (non-hydrogen) atoms. The first-order valence-electron chi connectivity index (χ1n) is 9.30. The summed E-state index contributed by atoms with van der Waals surface area (Å²) in [5.41, 5.74) is 2.14. The number of aromatic nitrogens is 1. The van der Waals surface area contributed by atoms with Crippen molar-refractivity contribution in [3.05, 3.63) is 22.5 Å². The quantitative estimate of drug-likeness (QED) is 0.362. The Bertz CT molecular complexity index is 707. The summed E-state index contributed by atoms with van der Waals surface area (Å²) in [6.07, 6.45) is 0.782. The molecule has 1 heterocycles. The van der Waals surface area contributed by atoms with Crippen molar-refractivity contribution in [3.8, 4) is 0 Å². The molecule has 0 N–H and O–H groups in total. The molecule has 0 radical (unpaired) electrons. The van der Waals surface area contributed by atoms with E-state index >= 15 is 0 Å². The highest BCUT2D eigenvalue weighted by atomic mass is 35.5. The Balaban J connectivity index is 3.24. The van der Waals surface area contributed by atoms with Crippen LogP contribution in [0.2, 0.25) is 0 Å². The van der Waals surface area contributed by atoms with Gasteiger partial charge in [-0.2, -0.15) is 0 Å². The van der Waals surface area contributed by atoms with Gasteiger partial charge in [-0.25, -0.2) is 4.79 Å². The molecule has 1 aromatic rings. The summed E-state index contributed by atoms with van der Waals surface area (Å²) < 4.78 is 6.65.